The second-order valence-electron chi connectivity index (χ2n) is 3.19. The summed E-state index contributed by atoms with van der Waals surface area (Å²) < 4.78 is 10.7. The lowest BCUT2D eigenvalue weighted by Crippen LogP contribution is -2.10. The van der Waals surface area contributed by atoms with Crippen LogP contribution in [0.25, 0.3) is 0 Å². The maximum atomic E-state index is 5.58. The van der Waals surface area contributed by atoms with Gasteiger partial charge in [-0.3, -0.25) is 0 Å². The molecule has 0 bridgehead atoms. The third kappa shape index (κ3) is 3.66. The second kappa shape index (κ2) is 5.50. The topological polar surface area (TPSA) is 44.5 Å². The van der Waals surface area contributed by atoms with Gasteiger partial charge in [-0.1, -0.05) is 12.7 Å². The Hall–Kier alpha value is -1.22. The Kier molecular flexibility index (Phi) is 4.26. The second-order valence-corrected chi connectivity index (χ2v) is 3.19. The van der Waals surface area contributed by atoms with Crippen molar-refractivity contribution < 1.29 is 9.47 Å². The van der Waals surface area contributed by atoms with Crippen LogP contribution in [0.4, 0.5) is 0 Å². The fourth-order valence-electron chi connectivity index (χ4n) is 1.14. The summed E-state index contributed by atoms with van der Waals surface area (Å²) in [5.41, 5.74) is 6.29. The molecular formula is C11H17NO2. The van der Waals surface area contributed by atoms with Crippen LogP contribution < -0.4 is 5.73 Å². The lowest BCUT2D eigenvalue weighted by molar-refractivity contribution is 0.0988. The van der Waals surface area contributed by atoms with Crippen LogP contribution in [0.3, 0.4) is 0 Å². The minimum absolute atomic E-state index is 0.152. The minimum atomic E-state index is 0.152. The number of rotatable bonds is 4. The van der Waals surface area contributed by atoms with E-state index in [9.17, 15) is 0 Å². The van der Waals surface area contributed by atoms with Crippen LogP contribution in [-0.4, -0.2) is 19.3 Å². The molecule has 14 heavy (non-hydrogen) atoms. The first kappa shape index (κ1) is 10.9. The number of allylic oxidation sites excluding steroid dienone is 3. The summed E-state index contributed by atoms with van der Waals surface area (Å²) >= 11 is 0. The van der Waals surface area contributed by atoms with Gasteiger partial charge in [0, 0.05) is 12.1 Å². The first-order valence-electron chi connectivity index (χ1n) is 4.75. The first-order chi connectivity index (χ1) is 6.72. The molecule has 0 aliphatic carbocycles. The number of ether oxygens (including phenoxy) is 2. The summed E-state index contributed by atoms with van der Waals surface area (Å²) in [5, 5.41) is 0. The van der Waals surface area contributed by atoms with Crippen molar-refractivity contribution in [1.29, 1.82) is 0 Å². The molecule has 1 fully saturated rings. The zero-order valence-corrected chi connectivity index (χ0v) is 8.53. The molecule has 1 atom stereocenters. The smallest absolute Gasteiger partial charge is 0.124 e. The van der Waals surface area contributed by atoms with E-state index in [1.807, 2.05) is 13.0 Å². The van der Waals surface area contributed by atoms with E-state index in [0.29, 0.717) is 18.1 Å². The van der Waals surface area contributed by atoms with Gasteiger partial charge in [-0.05, 0) is 19.1 Å². The Morgan fingerprint density at radius 1 is 1.57 bits per heavy atom. The van der Waals surface area contributed by atoms with E-state index in [1.165, 1.54) is 0 Å². The highest BCUT2D eigenvalue weighted by Gasteiger charge is 2.16. The van der Waals surface area contributed by atoms with Crippen molar-refractivity contribution in [2.45, 2.75) is 19.4 Å². The van der Waals surface area contributed by atoms with Crippen LogP contribution in [0, 0.1) is 0 Å². The van der Waals surface area contributed by atoms with E-state index in [1.54, 1.807) is 12.2 Å². The molecule has 0 radical (unpaired) electrons. The molecule has 0 spiro atoms. The molecule has 0 aromatic carbocycles. The zero-order chi connectivity index (χ0) is 10.4. The predicted molar refractivity (Wildman–Crippen MR) is 56.5 cm³/mol. The third-order valence-electron chi connectivity index (χ3n) is 2.00. The van der Waals surface area contributed by atoms with E-state index in [-0.39, 0.29) is 6.10 Å². The van der Waals surface area contributed by atoms with Crippen LogP contribution in [0.5, 0.6) is 0 Å². The minimum Gasteiger partial charge on any atom is -0.489 e. The fraction of sp³-hybridized carbons (Fsp3) is 0.455. The molecule has 1 saturated heterocycles. The van der Waals surface area contributed by atoms with Gasteiger partial charge in [0.2, 0.25) is 0 Å². The quantitative estimate of drug-likeness (QED) is 0.548. The highest BCUT2D eigenvalue weighted by Crippen LogP contribution is 2.12. The lowest BCUT2D eigenvalue weighted by atomic mass is 10.3. The Morgan fingerprint density at radius 3 is 2.93 bits per heavy atom. The maximum absolute atomic E-state index is 5.58. The Bertz CT molecular complexity index is 250. The summed E-state index contributed by atoms with van der Waals surface area (Å²) in [5.74, 6) is 0.630. The average molecular weight is 195 g/mol. The van der Waals surface area contributed by atoms with Gasteiger partial charge < -0.3 is 15.2 Å². The highest BCUT2D eigenvalue weighted by molar-refractivity contribution is 5.20. The molecule has 0 aromatic rings. The zero-order valence-electron chi connectivity index (χ0n) is 8.53. The van der Waals surface area contributed by atoms with E-state index in [4.69, 9.17) is 15.2 Å². The van der Waals surface area contributed by atoms with Crippen molar-refractivity contribution >= 4 is 0 Å². The van der Waals surface area contributed by atoms with Crippen LogP contribution in [0.15, 0.2) is 36.3 Å². The number of nitrogens with two attached hydrogens (primary N) is 1. The molecule has 0 amide bonds. The van der Waals surface area contributed by atoms with Gasteiger partial charge in [0.05, 0.1) is 13.2 Å². The largest absolute Gasteiger partial charge is 0.489 e. The van der Waals surface area contributed by atoms with Gasteiger partial charge in [-0.15, -0.1) is 0 Å². The SMILES string of the molecule is C=C(/C=C\C(N)=C/C)OC1CCOC1. The van der Waals surface area contributed by atoms with E-state index in [2.05, 4.69) is 6.58 Å². The number of hydrogen-bond donors (Lipinski definition) is 1. The molecule has 1 unspecified atom stereocenters. The van der Waals surface area contributed by atoms with Crippen LogP contribution in [0.1, 0.15) is 13.3 Å². The molecular weight excluding hydrogens is 178 g/mol. The fourth-order valence-corrected chi connectivity index (χ4v) is 1.14. The standard InChI is InChI=1S/C11H17NO2/c1-3-10(12)5-4-9(2)14-11-6-7-13-8-11/h3-5,11H,2,6-8,12H2,1H3/b5-4-,10-3+. The van der Waals surface area contributed by atoms with E-state index >= 15 is 0 Å². The molecule has 1 rings (SSSR count). The van der Waals surface area contributed by atoms with Gasteiger partial charge in [-0.25, -0.2) is 0 Å². The monoisotopic (exact) mass is 195 g/mol. The summed E-state index contributed by atoms with van der Waals surface area (Å²) in [6.45, 7) is 7.10. The van der Waals surface area contributed by atoms with Crippen molar-refractivity contribution in [2.24, 2.45) is 5.73 Å². The first-order valence-corrected chi connectivity index (χ1v) is 4.75. The van der Waals surface area contributed by atoms with Crippen LogP contribution >= 0.6 is 0 Å². The molecule has 78 valence electrons. The third-order valence-corrected chi connectivity index (χ3v) is 2.00. The molecule has 3 nitrogen and oxygen atoms in total. The van der Waals surface area contributed by atoms with Crippen molar-refractivity contribution in [3.63, 3.8) is 0 Å². The predicted octanol–water partition coefficient (Wildman–Crippen LogP) is 1.72. The molecule has 0 aromatic heterocycles. The van der Waals surface area contributed by atoms with Gasteiger partial charge in [0.25, 0.3) is 0 Å². The summed E-state index contributed by atoms with van der Waals surface area (Å²) in [6.07, 6.45) is 6.46. The normalized spacial score (nSPS) is 22.9. The van der Waals surface area contributed by atoms with E-state index in [0.717, 1.165) is 13.0 Å². The maximum Gasteiger partial charge on any atom is 0.124 e. The Morgan fingerprint density at radius 2 is 2.36 bits per heavy atom. The summed E-state index contributed by atoms with van der Waals surface area (Å²) in [6, 6.07) is 0. The van der Waals surface area contributed by atoms with E-state index < -0.39 is 0 Å². The highest BCUT2D eigenvalue weighted by atomic mass is 16.5. The molecule has 1 aliphatic heterocycles. The molecule has 1 heterocycles. The summed E-state index contributed by atoms with van der Waals surface area (Å²) in [4.78, 5) is 0. The summed E-state index contributed by atoms with van der Waals surface area (Å²) in [7, 11) is 0. The molecule has 1 aliphatic rings. The van der Waals surface area contributed by atoms with Crippen molar-refractivity contribution in [1.82, 2.24) is 0 Å². The van der Waals surface area contributed by atoms with Gasteiger partial charge in [0.1, 0.15) is 11.9 Å². The van der Waals surface area contributed by atoms with Crippen molar-refractivity contribution in [3.8, 4) is 0 Å². The number of hydrogen-bond acceptors (Lipinski definition) is 3. The lowest BCUT2D eigenvalue weighted by Gasteiger charge is -2.10. The van der Waals surface area contributed by atoms with Crippen molar-refractivity contribution in [2.75, 3.05) is 13.2 Å². The van der Waals surface area contributed by atoms with Gasteiger partial charge in [0.15, 0.2) is 0 Å². The molecule has 0 saturated carbocycles. The van der Waals surface area contributed by atoms with Crippen LogP contribution in [-0.2, 0) is 9.47 Å². The van der Waals surface area contributed by atoms with Gasteiger partial charge >= 0.3 is 0 Å². The Labute approximate surface area is 84.9 Å². The average Bonchev–Trinajstić information content (AvgIpc) is 2.66. The Balaban J connectivity index is 2.31. The van der Waals surface area contributed by atoms with Crippen molar-refractivity contribution in [3.05, 3.63) is 36.3 Å². The van der Waals surface area contributed by atoms with Gasteiger partial charge in [-0.2, -0.15) is 0 Å². The van der Waals surface area contributed by atoms with Crippen LogP contribution in [0.2, 0.25) is 0 Å². The molecule has 2 N–H and O–H groups in total. The molecule has 3 heteroatoms.